The van der Waals surface area contributed by atoms with Crippen LogP contribution in [0.2, 0.25) is 0 Å². The summed E-state index contributed by atoms with van der Waals surface area (Å²) < 4.78 is 58.7. The van der Waals surface area contributed by atoms with Crippen LogP contribution in [0, 0.1) is 5.41 Å². The first-order valence-corrected chi connectivity index (χ1v) is 15.4. The zero-order chi connectivity index (χ0) is 32.5. The number of ether oxygens (including phenoxy) is 3. The Hall–Kier alpha value is -3.40. The van der Waals surface area contributed by atoms with Gasteiger partial charge in [-0.3, -0.25) is 13.9 Å². The second-order valence-corrected chi connectivity index (χ2v) is 13.4. The largest absolute Gasteiger partial charge is 0.476 e. The van der Waals surface area contributed by atoms with Crippen LogP contribution in [0.3, 0.4) is 0 Å². The van der Waals surface area contributed by atoms with E-state index in [1.165, 1.54) is 25.4 Å². The van der Waals surface area contributed by atoms with Gasteiger partial charge in [0.1, 0.15) is 30.1 Å². The Morgan fingerprint density at radius 3 is 2.61 bits per heavy atom. The molecule has 1 aliphatic heterocycles. The summed E-state index contributed by atoms with van der Waals surface area (Å²) in [7, 11) is -4.56. The topological polar surface area (TPSA) is 202 Å². The number of halogens is 1. The number of esters is 1. The number of benzene rings is 1. The average Bonchev–Trinajstić information content (AvgIpc) is 3.43. The standard InChI is InChI=1S/C27H38FN6O9P/c1-7-39-20-18-19(31-24(29)32-20)34(15-30-18)23-26(6,37)22(36)27(28,42-23)14-41-44(38,43-17-11-9-8-10-12-17)33-16(2)21(35)40-13-25(3,4)5/h8-12,15-16,22-23,36-37H,7,13-14H2,1-6H3,(H,33,38)(H2,29,31,32)/t16?,22-,23+,26+,27+,44?/m0/s1. The second-order valence-electron chi connectivity index (χ2n) is 11.7. The number of nitrogens with zero attached hydrogens (tertiary/aromatic N) is 4. The van der Waals surface area contributed by atoms with Crippen molar-refractivity contribution in [1.29, 1.82) is 0 Å². The van der Waals surface area contributed by atoms with Crippen LogP contribution in [0.25, 0.3) is 11.2 Å². The van der Waals surface area contributed by atoms with Crippen LogP contribution in [0.15, 0.2) is 36.7 Å². The van der Waals surface area contributed by atoms with Gasteiger partial charge in [0.25, 0.3) is 5.85 Å². The van der Waals surface area contributed by atoms with E-state index in [1.54, 1.807) is 25.1 Å². The molecule has 1 fully saturated rings. The van der Waals surface area contributed by atoms with Gasteiger partial charge in [-0.15, -0.1) is 0 Å². The predicted octanol–water partition coefficient (Wildman–Crippen LogP) is 2.88. The van der Waals surface area contributed by atoms with Crippen LogP contribution in [-0.4, -0.2) is 79.1 Å². The van der Waals surface area contributed by atoms with Gasteiger partial charge in [0, 0.05) is 0 Å². The summed E-state index contributed by atoms with van der Waals surface area (Å²) >= 11 is 0. The molecule has 0 bridgehead atoms. The van der Waals surface area contributed by atoms with Gasteiger partial charge in [0.2, 0.25) is 11.8 Å². The SMILES string of the molecule is CCOc1nc(N)nc2c1ncn2[C@@H]1O[C@](F)(COP(=O)(NC(C)C(=O)OCC(C)(C)C)Oc2ccccc2)[C@@H](O)[C@@]1(C)O. The van der Waals surface area contributed by atoms with Gasteiger partial charge >= 0.3 is 13.7 Å². The first-order valence-electron chi connectivity index (χ1n) is 13.8. The highest BCUT2D eigenvalue weighted by molar-refractivity contribution is 7.52. The summed E-state index contributed by atoms with van der Waals surface area (Å²) in [6, 6.07) is 6.63. The van der Waals surface area contributed by atoms with Crippen molar-refractivity contribution in [3.05, 3.63) is 36.7 Å². The predicted molar refractivity (Wildman–Crippen MR) is 155 cm³/mol. The molecule has 1 aliphatic rings. The van der Waals surface area contributed by atoms with Gasteiger partial charge in [0.05, 0.1) is 19.5 Å². The molecule has 0 aliphatic carbocycles. The number of imidazole rings is 1. The summed E-state index contributed by atoms with van der Waals surface area (Å²) in [4.78, 5) is 24.9. The summed E-state index contributed by atoms with van der Waals surface area (Å²) in [6.07, 6.45) is -2.66. The minimum absolute atomic E-state index is 0.0333. The Labute approximate surface area is 253 Å². The highest BCUT2D eigenvalue weighted by Crippen LogP contribution is 2.51. The van der Waals surface area contributed by atoms with Crippen molar-refractivity contribution in [3.8, 4) is 11.6 Å². The molecule has 2 aromatic heterocycles. The number of carbonyl (C=O) groups is 1. The zero-order valence-electron chi connectivity index (χ0n) is 25.3. The van der Waals surface area contributed by atoms with E-state index in [2.05, 4.69) is 20.0 Å². The van der Waals surface area contributed by atoms with Crippen molar-refractivity contribution in [1.82, 2.24) is 24.6 Å². The maximum atomic E-state index is 16.4. The maximum Gasteiger partial charge on any atom is 0.459 e. The molecule has 6 atom stereocenters. The second kappa shape index (κ2) is 12.5. The van der Waals surface area contributed by atoms with E-state index in [0.717, 1.165) is 11.5 Å². The Morgan fingerprint density at radius 2 is 1.98 bits per heavy atom. The highest BCUT2D eigenvalue weighted by atomic mass is 31.2. The van der Waals surface area contributed by atoms with Crippen molar-refractivity contribution in [2.75, 3.05) is 25.6 Å². The van der Waals surface area contributed by atoms with E-state index in [-0.39, 0.29) is 47.4 Å². The molecule has 0 spiro atoms. The van der Waals surface area contributed by atoms with Gasteiger partial charge in [-0.1, -0.05) is 39.0 Å². The van der Waals surface area contributed by atoms with E-state index >= 15 is 4.39 Å². The van der Waals surface area contributed by atoms with Crippen LogP contribution in [0.4, 0.5) is 10.3 Å². The Balaban J connectivity index is 1.59. The normalized spacial score (nSPS) is 25.8. The fourth-order valence-corrected chi connectivity index (χ4v) is 5.80. The quantitative estimate of drug-likeness (QED) is 0.166. The van der Waals surface area contributed by atoms with Crippen molar-refractivity contribution < 1.29 is 47.2 Å². The molecule has 0 saturated carbocycles. The smallest absolute Gasteiger partial charge is 0.459 e. The first-order chi connectivity index (χ1) is 20.5. The van der Waals surface area contributed by atoms with E-state index in [0.29, 0.717) is 0 Å². The Kier molecular flexibility index (Phi) is 9.54. The summed E-state index contributed by atoms with van der Waals surface area (Å²) in [6.45, 7) is 8.96. The van der Waals surface area contributed by atoms with Crippen LogP contribution >= 0.6 is 7.75 Å². The summed E-state index contributed by atoms with van der Waals surface area (Å²) in [5.74, 6) is -3.94. The molecule has 4 rings (SSSR count). The zero-order valence-corrected chi connectivity index (χ0v) is 26.2. The molecule has 3 aromatic rings. The van der Waals surface area contributed by atoms with Crippen molar-refractivity contribution in [2.45, 2.75) is 71.4 Å². The lowest BCUT2D eigenvalue weighted by molar-refractivity contribution is -0.202. The van der Waals surface area contributed by atoms with Crippen molar-refractivity contribution in [2.24, 2.45) is 5.41 Å². The molecule has 0 amide bonds. The van der Waals surface area contributed by atoms with Gasteiger partial charge < -0.3 is 34.7 Å². The number of nitrogens with two attached hydrogens (primary N) is 1. The first kappa shape index (κ1) is 33.5. The number of hydrogen-bond acceptors (Lipinski definition) is 13. The molecule has 242 valence electrons. The molecular formula is C27H38FN6O9P. The Bertz CT molecular complexity index is 1520. The number of aromatic nitrogens is 4. The number of nitrogen functional groups attached to an aromatic ring is 1. The molecule has 3 heterocycles. The van der Waals surface area contributed by atoms with Crippen LogP contribution in [0.5, 0.6) is 11.6 Å². The number of anilines is 1. The van der Waals surface area contributed by atoms with E-state index in [4.69, 9.17) is 29.0 Å². The number of nitrogens with one attached hydrogen (secondary N) is 1. The number of aliphatic hydroxyl groups is 2. The fourth-order valence-electron chi connectivity index (χ4n) is 4.29. The number of carbonyl (C=O) groups excluding carboxylic acids is 1. The third-order valence-electron chi connectivity index (χ3n) is 6.46. The number of hydrogen-bond donors (Lipinski definition) is 4. The lowest BCUT2D eigenvalue weighted by atomic mass is 9.95. The number of alkyl halides is 1. The molecule has 0 radical (unpaired) electrons. The number of aliphatic hydroxyl groups excluding tert-OH is 1. The molecular weight excluding hydrogens is 602 g/mol. The summed E-state index contributed by atoms with van der Waals surface area (Å²) in [5.41, 5.74) is 3.38. The average molecular weight is 641 g/mol. The lowest BCUT2D eigenvalue weighted by Gasteiger charge is -2.29. The third kappa shape index (κ3) is 7.28. The molecule has 1 saturated heterocycles. The number of fused-ring (bicyclic) bond motifs is 1. The van der Waals surface area contributed by atoms with E-state index < -0.39 is 50.2 Å². The lowest BCUT2D eigenvalue weighted by Crippen LogP contribution is -2.49. The van der Waals surface area contributed by atoms with Crippen LogP contribution in [0.1, 0.15) is 47.8 Å². The van der Waals surface area contributed by atoms with Gasteiger partial charge in [-0.05, 0) is 38.3 Å². The van der Waals surface area contributed by atoms with Gasteiger partial charge in [-0.2, -0.15) is 15.1 Å². The van der Waals surface area contributed by atoms with E-state index in [1.807, 2.05) is 20.8 Å². The molecule has 44 heavy (non-hydrogen) atoms. The molecule has 1 aromatic carbocycles. The van der Waals surface area contributed by atoms with Crippen LogP contribution < -0.4 is 20.1 Å². The third-order valence-corrected chi connectivity index (χ3v) is 8.09. The minimum Gasteiger partial charge on any atom is -0.476 e. The van der Waals surface area contributed by atoms with Crippen LogP contribution in [-0.2, 0) is 23.4 Å². The molecule has 2 unspecified atom stereocenters. The fraction of sp³-hybridized carbons (Fsp3) is 0.556. The number of para-hydroxylation sites is 1. The van der Waals surface area contributed by atoms with E-state index in [9.17, 15) is 19.6 Å². The van der Waals surface area contributed by atoms with Gasteiger partial charge in [-0.25, -0.2) is 13.9 Å². The minimum atomic E-state index is -4.56. The highest BCUT2D eigenvalue weighted by Gasteiger charge is 2.64. The maximum absolute atomic E-state index is 16.4. The molecule has 17 heteroatoms. The monoisotopic (exact) mass is 640 g/mol. The van der Waals surface area contributed by atoms with Crippen molar-refractivity contribution >= 4 is 30.8 Å². The molecule has 5 N–H and O–H groups in total. The Morgan fingerprint density at radius 1 is 1.30 bits per heavy atom. The van der Waals surface area contributed by atoms with Crippen molar-refractivity contribution in [3.63, 3.8) is 0 Å². The molecule has 15 nitrogen and oxygen atoms in total. The summed E-state index contributed by atoms with van der Waals surface area (Å²) in [5, 5.41) is 24.6. The van der Waals surface area contributed by atoms with Gasteiger partial charge in [0.15, 0.2) is 17.4 Å². The number of rotatable bonds is 12.